The summed E-state index contributed by atoms with van der Waals surface area (Å²) in [5.74, 6) is -0.401. The van der Waals surface area contributed by atoms with Gasteiger partial charge in [-0.05, 0) is 49.0 Å². The molecule has 2 N–H and O–H groups in total. The fourth-order valence-corrected chi connectivity index (χ4v) is 3.56. The van der Waals surface area contributed by atoms with E-state index in [9.17, 15) is 9.18 Å². The number of nitrogens with zero attached hydrogens (tertiary/aromatic N) is 3. The number of allylic oxidation sites excluding steroid dienone is 6. The summed E-state index contributed by atoms with van der Waals surface area (Å²) in [6.45, 7) is 6.34. The third-order valence-electron chi connectivity index (χ3n) is 4.09. The second-order valence-electron chi connectivity index (χ2n) is 6.50. The van der Waals surface area contributed by atoms with Crippen molar-refractivity contribution >= 4 is 24.3 Å². The molecular formula is C23H32FN5OS. The summed E-state index contributed by atoms with van der Waals surface area (Å²) in [5, 5.41) is 15.7. The molecule has 0 saturated carbocycles. The molecule has 1 aromatic rings. The Hall–Kier alpha value is -2.87. The molecule has 6 nitrogen and oxygen atoms in total. The fraction of sp³-hybridized carbons (Fsp3) is 0.348. The van der Waals surface area contributed by atoms with Gasteiger partial charge in [0.05, 0.1) is 18.5 Å². The Balaban J connectivity index is 2.93. The summed E-state index contributed by atoms with van der Waals surface area (Å²) in [6, 6.07) is 1.94. The molecule has 0 fully saturated rings. The molecule has 0 amide bonds. The third-order valence-corrected chi connectivity index (χ3v) is 5.43. The first-order chi connectivity index (χ1) is 15.0. The first-order valence-electron chi connectivity index (χ1n) is 10.1. The maximum atomic E-state index is 13.6. The second kappa shape index (κ2) is 15.0. The predicted molar refractivity (Wildman–Crippen MR) is 129 cm³/mol. The fourth-order valence-electron chi connectivity index (χ4n) is 2.58. The van der Waals surface area contributed by atoms with Crippen LogP contribution in [0.4, 0.5) is 4.39 Å². The van der Waals surface area contributed by atoms with E-state index in [2.05, 4.69) is 20.6 Å². The minimum atomic E-state index is -0.401. The van der Waals surface area contributed by atoms with Crippen molar-refractivity contribution in [2.24, 2.45) is 5.10 Å². The number of rotatable bonds is 13. The van der Waals surface area contributed by atoms with Crippen LogP contribution in [-0.4, -0.2) is 48.3 Å². The normalized spacial score (nSPS) is 14.3. The van der Waals surface area contributed by atoms with Crippen LogP contribution in [-0.2, 0) is 11.2 Å². The summed E-state index contributed by atoms with van der Waals surface area (Å²) < 4.78 is 13.6. The van der Waals surface area contributed by atoms with Gasteiger partial charge >= 0.3 is 0 Å². The molecule has 1 aromatic heterocycles. The number of nitrogens with one attached hydrogen (secondary N) is 2. The molecule has 168 valence electrons. The van der Waals surface area contributed by atoms with E-state index >= 15 is 0 Å². The molecule has 0 unspecified atom stereocenters. The second-order valence-corrected chi connectivity index (χ2v) is 7.67. The summed E-state index contributed by atoms with van der Waals surface area (Å²) in [5.41, 5.74) is 2.46. The van der Waals surface area contributed by atoms with Crippen molar-refractivity contribution in [2.75, 3.05) is 20.6 Å². The van der Waals surface area contributed by atoms with E-state index in [4.69, 9.17) is 0 Å². The van der Waals surface area contributed by atoms with E-state index in [1.807, 2.05) is 45.1 Å². The summed E-state index contributed by atoms with van der Waals surface area (Å²) >= 11 is 1.57. The van der Waals surface area contributed by atoms with E-state index in [0.717, 1.165) is 33.8 Å². The Morgan fingerprint density at radius 1 is 1.39 bits per heavy atom. The number of H-pyrrole nitrogens is 1. The number of likely N-dealkylation sites (N-methyl/N-ethyl adjacent to an activating group) is 1. The van der Waals surface area contributed by atoms with Crippen LogP contribution in [0.25, 0.3) is 0 Å². The van der Waals surface area contributed by atoms with Crippen molar-refractivity contribution < 1.29 is 9.18 Å². The largest absolute Gasteiger partial charge is 0.365 e. The van der Waals surface area contributed by atoms with E-state index in [-0.39, 0.29) is 0 Å². The molecule has 0 aliphatic carbocycles. The molecule has 0 aliphatic heterocycles. The van der Waals surface area contributed by atoms with Gasteiger partial charge in [-0.25, -0.2) is 0 Å². The maximum absolute atomic E-state index is 13.6. The third kappa shape index (κ3) is 10.1. The Morgan fingerprint density at radius 3 is 2.71 bits per heavy atom. The van der Waals surface area contributed by atoms with Crippen molar-refractivity contribution in [3.05, 3.63) is 75.2 Å². The Bertz CT molecular complexity index is 867. The zero-order chi connectivity index (χ0) is 23.1. The topological polar surface area (TPSA) is 73.4 Å². The Morgan fingerprint density at radius 2 is 2.16 bits per heavy atom. The van der Waals surface area contributed by atoms with Gasteiger partial charge in [-0.3, -0.25) is 14.9 Å². The highest BCUT2D eigenvalue weighted by molar-refractivity contribution is 8.07. The average molecular weight is 446 g/mol. The summed E-state index contributed by atoms with van der Waals surface area (Å²) in [7, 11) is 3.34. The lowest BCUT2D eigenvalue weighted by Crippen LogP contribution is -2.15. The average Bonchev–Trinajstić information content (AvgIpc) is 3.27. The van der Waals surface area contributed by atoms with Gasteiger partial charge in [0.25, 0.3) is 0 Å². The number of hydrazone groups is 1. The van der Waals surface area contributed by atoms with Crippen LogP contribution in [0.3, 0.4) is 0 Å². The Labute approximate surface area is 188 Å². The van der Waals surface area contributed by atoms with Crippen molar-refractivity contribution in [1.29, 1.82) is 0 Å². The molecule has 0 aromatic carbocycles. The zero-order valence-corrected chi connectivity index (χ0v) is 19.7. The molecule has 1 rings (SSSR count). The van der Waals surface area contributed by atoms with Crippen LogP contribution in [0.2, 0.25) is 0 Å². The van der Waals surface area contributed by atoms with E-state index in [1.165, 1.54) is 19.2 Å². The van der Waals surface area contributed by atoms with Crippen LogP contribution in [0.15, 0.2) is 74.7 Å². The van der Waals surface area contributed by atoms with Gasteiger partial charge in [0.2, 0.25) is 0 Å². The van der Waals surface area contributed by atoms with Crippen molar-refractivity contribution in [1.82, 2.24) is 20.5 Å². The van der Waals surface area contributed by atoms with Crippen molar-refractivity contribution in [2.45, 2.75) is 33.6 Å². The molecule has 0 saturated heterocycles. The van der Waals surface area contributed by atoms with E-state index in [1.54, 1.807) is 36.2 Å². The zero-order valence-electron chi connectivity index (χ0n) is 18.9. The standard InChI is InChI=1S/C23H32FN5OS/c1-6-9-18(14-23(24)25-4)17-29(5)27-16-19(11-13-30)22(8-3)31-21(7-2)15-20-10-12-26-28-20/h7-14,16,25H,6,15,17H2,1-5H3,(H,26,28)/b18-9-,19-11+,21-7+,22-8-,23-14-,27-16-. The molecule has 0 bridgehead atoms. The lowest BCUT2D eigenvalue weighted by atomic mass is 10.2. The van der Waals surface area contributed by atoms with E-state index in [0.29, 0.717) is 18.5 Å². The number of carbonyl (C=O) groups excluding carboxylic acids is 1. The first kappa shape index (κ1) is 26.2. The summed E-state index contributed by atoms with van der Waals surface area (Å²) in [6.07, 6.45) is 14.6. The van der Waals surface area contributed by atoms with Crippen LogP contribution in [0.1, 0.15) is 32.9 Å². The van der Waals surface area contributed by atoms with Gasteiger partial charge in [0.1, 0.15) is 6.29 Å². The molecule has 8 heteroatoms. The number of carbonyl (C=O) groups is 1. The van der Waals surface area contributed by atoms with Crippen LogP contribution in [0, 0.1) is 0 Å². The van der Waals surface area contributed by atoms with Crippen molar-refractivity contribution in [3.63, 3.8) is 0 Å². The molecule has 1 heterocycles. The van der Waals surface area contributed by atoms with Crippen LogP contribution >= 0.6 is 11.8 Å². The highest BCUT2D eigenvalue weighted by Crippen LogP contribution is 2.32. The SMILES string of the molecule is C/C=C(S/C(=C/C)Cc1cc[nH]n1)/C(/C=N\N(C)CC(=C\CC)/C=C(/F)NC)=C/C=O. The molecule has 0 aliphatic rings. The maximum Gasteiger partial charge on any atom is 0.187 e. The number of thioether (sulfide) groups is 1. The van der Waals surface area contributed by atoms with Gasteiger partial charge in [-0.1, -0.05) is 36.9 Å². The van der Waals surface area contributed by atoms with Gasteiger partial charge in [0.15, 0.2) is 5.95 Å². The lowest BCUT2D eigenvalue weighted by Gasteiger charge is -2.15. The van der Waals surface area contributed by atoms with Crippen LogP contribution in [0.5, 0.6) is 0 Å². The van der Waals surface area contributed by atoms with Gasteiger partial charge in [-0.15, -0.1) is 0 Å². The van der Waals surface area contributed by atoms with Gasteiger partial charge in [0, 0.05) is 37.2 Å². The monoisotopic (exact) mass is 445 g/mol. The molecular weight excluding hydrogens is 413 g/mol. The quantitative estimate of drug-likeness (QED) is 0.113. The van der Waals surface area contributed by atoms with Gasteiger partial charge in [-0.2, -0.15) is 14.6 Å². The van der Waals surface area contributed by atoms with E-state index < -0.39 is 5.95 Å². The number of halogens is 1. The highest BCUT2D eigenvalue weighted by atomic mass is 32.2. The Kier molecular flexibility index (Phi) is 12.7. The van der Waals surface area contributed by atoms with Crippen LogP contribution < -0.4 is 5.32 Å². The number of aromatic nitrogens is 2. The lowest BCUT2D eigenvalue weighted by molar-refractivity contribution is -0.104. The number of hydrogen-bond donors (Lipinski definition) is 2. The smallest absolute Gasteiger partial charge is 0.187 e. The number of hydrogen-bond acceptors (Lipinski definition) is 6. The minimum absolute atomic E-state index is 0.401. The predicted octanol–water partition coefficient (Wildman–Crippen LogP) is 4.90. The van der Waals surface area contributed by atoms with Gasteiger partial charge < -0.3 is 5.32 Å². The minimum Gasteiger partial charge on any atom is -0.365 e. The van der Waals surface area contributed by atoms with Crippen molar-refractivity contribution in [3.8, 4) is 0 Å². The number of aldehydes is 1. The molecule has 0 atom stereocenters. The molecule has 0 radical (unpaired) electrons. The highest BCUT2D eigenvalue weighted by Gasteiger charge is 2.09. The molecule has 31 heavy (non-hydrogen) atoms. The number of aromatic amines is 1. The summed E-state index contributed by atoms with van der Waals surface area (Å²) in [4.78, 5) is 13.3. The molecule has 0 spiro atoms. The first-order valence-corrected chi connectivity index (χ1v) is 10.9.